The van der Waals surface area contributed by atoms with Crippen molar-refractivity contribution in [3.63, 3.8) is 0 Å². The molecule has 0 heterocycles. The molecule has 0 aromatic rings. The predicted molar refractivity (Wildman–Crippen MR) is 56.4 cm³/mol. The standard InChI is InChI=1S/C12H17NO3/c1-2-16-12(15)11(14)13-10-8-6-3-4-7(5-6)9(8)10/h6-10H,2-5H2,1H3,(H,13,14). The van der Waals surface area contributed by atoms with Crippen molar-refractivity contribution in [3.8, 4) is 0 Å². The molecule has 0 radical (unpaired) electrons. The predicted octanol–water partition coefficient (Wildman–Crippen LogP) is 0.710. The Bertz CT molecular complexity index is 325. The molecule has 3 aliphatic rings. The van der Waals surface area contributed by atoms with Gasteiger partial charge in [-0.1, -0.05) is 0 Å². The van der Waals surface area contributed by atoms with E-state index in [0.29, 0.717) is 11.8 Å². The van der Waals surface area contributed by atoms with Crippen molar-refractivity contribution >= 4 is 11.9 Å². The number of hydrogen-bond donors (Lipinski definition) is 1. The first-order chi connectivity index (χ1) is 7.72. The third-order valence-corrected chi connectivity index (χ3v) is 4.49. The fourth-order valence-corrected chi connectivity index (χ4v) is 3.93. The van der Waals surface area contributed by atoms with Crippen LogP contribution in [0.4, 0.5) is 0 Å². The SMILES string of the molecule is CCOC(=O)C(=O)NC1C2C3CCC(C3)C12. The van der Waals surface area contributed by atoms with Crippen LogP contribution in [0.3, 0.4) is 0 Å². The van der Waals surface area contributed by atoms with Gasteiger partial charge in [0.05, 0.1) is 6.61 Å². The van der Waals surface area contributed by atoms with Gasteiger partial charge in [0, 0.05) is 6.04 Å². The second-order valence-electron chi connectivity index (χ2n) is 5.21. The zero-order valence-electron chi connectivity index (χ0n) is 9.44. The highest BCUT2D eigenvalue weighted by atomic mass is 16.5. The van der Waals surface area contributed by atoms with Crippen molar-refractivity contribution in [1.82, 2.24) is 5.32 Å². The summed E-state index contributed by atoms with van der Waals surface area (Å²) in [5.41, 5.74) is 0. The van der Waals surface area contributed by atoms with Gasteiger partial charge in [-0.05, 0) is 49.9 Å². The Hall–Kier alpha value is -1.06. The molecule has 3 aliphatic carbocycles. The normalized spacial score (nSPS) is 42.7. The van der Waals surface area contributed by atoms with Crippen LogP contribution in [-0.2, 0) is 14.3 Å². The maximum atomic E-state index is 11.5. The summed E-state index contributed by atoms with van der Waals surface area (Å²) in [5, 5.41) is 2.83. The van der Waals surface area contributed by atoms with Crippen molar-refractivity contribution in [2.24, 2.45) is 23.7 Å². The van der Waals surface area contributed by atoms with Crippen LogP contribution in [0.2, 0.25) is 0 Å². The van der Waals surface area contributed by atoms with E-state index in [1.165, 1.54) is 19.3 Å². The van der Waals surface area contributed by atoms with Crippen LogP contribution < -0.4 is 5.32 Å². The molecular weight excluding hydrogens is 206 g/mol. The molecule has 16 heavy (non-hydrogen) atoms. The highest BCUT2D eigenvalue weighted by molar-refractivity contribution is 6.32. The Balaban J connectivity index is 1.55. The van der Waals surface area contributed by atoms with E-state index in [0.717, 1.165) is 11.8 Å². The maximum absolute atomic E-state index is 11.5. The van der Waals surface area contributed by atoms with Crippen LogP contribution in [0.5, 0.6) is 0 Å². The van der Waals surface area contributed by atoms with Crippen LogP contribution >= 0.6 is 0 Å². The quantitative estimate of drug-likeness (QED) is 0.554. The average Bonchev–Trinajstić information content (AvgIpc) is 2.69. The minimum atomic E-state index is -0.736. The number of hydrogen-bond acceptors (Lipinski definition) is 3. The number of amides is 1. The topological polar surface area (TPSA) is 55.4 Å². The van der Waals surface area contributed by atoms with Crippen molar-refractivity contribution in [1.29, 1.82) is 0 Å². The third-order valence-electron chi connectivity index (χ3n) is 4.49. The Morgan fingerprint density at radius 1 is 1.25 bits per heavy atom. The number of rotatable bonds is 2. The molecule has 3 rings (SSSR count). The van der Waals surface area contributed by atoms with E-state index in [1.54, 1.807) is 6.92 Å². The van der Waals surface area contributed by atoms with E-state index in [1.807, 2.05) is 0 Å². The zero-order valence-corrected chi connectivity index (χ0v) is 9.44. The van der Waals surface area contributed by atoms with Crippen molar-refractivity contribution < 1.29 is 14.3 Å². The summed E-state index contributed by atoms with van der Waals surface area (Å²) in [4.78, 5) is 22.6. The summed E-state index contributed by atoms with van der Waals surface area (Å²) < 4.78 is 4.67. The summed E-state index contributed by atoms with van der Waals surface area (Å²) in [6, 6.07) is 0.267. The summed E-state index contributed by atoms with van der Waals surface area (Å²) in [6.07, 6.45) is 3.98. The molecule has 0 aromatic heterocycles. The molecule has 1 N–H and O–H groups in total. The monoisotopic (exact) mass is 223 g/mol. The molecule has 0 saturated heterocycles. The molecule has 3 saturated carbocycles. The van der Waals surface area contributed by atoms with Gasteiger partial charge in [-0.2, -0.15) is 0 Å². The molecule has 3 fully saturated rings. The van der Waals surface area contributed by atoms with Crippen LogP contribution in [-0.4, -0.2) is 24.5 Å². The van der Waals surface area contributed by atoms with E-state index in [-0.39, 0.29) is 12.6 Å². The van der Waals surface area contributed by atoms with E-state index in [2.05, 4.69) is 10.1 Å². The number of ether oxygens (including phenoxy) is 1. The second kappa shape index (κ2) is 3.47. The molecule has 88 valence electrons. The van der Waals surface area contributed by atoms with Crippen LogP contribution in [0.25, 0.3) is 0 Å². The highest BCUT2D eigenvalue weighted by Crippen LogP contribution is 2.65. The van der Waals surface area contributed by atoms with Gasteiger partial charge in [-0.3, -0.25) is 4.79 Å². The minimum absolute atomic E-state index is 0.259. The van der Waals surface area contributed by atoms with Gasteiger partial charge in [0.1, 0.15) is 0 Å². The van der Waals surface area contributed by atoms with Crippen molar-refractivity contribution in [2.45, 2.75) is 32.2 Å². The Morgan fingerprint density at radius 3 is 2.44 bits per heavy atom. The van der Waals surface area contributed by atoms with Gasteiger partial charge in [0.15, 0.2) is 0 Å². The van der Waals surface area contributed by atoms with Crippen LogP contribution in [0.15, 0.2) is 0 Å². The third kappa shape index (κ3) is 1.35. The maximum Gasteiger partial charge on any atom is 0.396 e. The largest absolute Gasteiger partial charge is 0.459 e. The van der Waals surface area contributed by atoms with Gasteiger partial charge in [-0.15, -0.1) is 0 Å². The Kier molecular flexibility index (Phi) is 2.19. The van der Waals surface area contributed by atoms with Crippen LogP contribution in [0.1, 0.15) is 26.2 Å². The molecule has 0 aliphatic heterocycles. The molecule has 0 aromatic carbocycles. The van der Waals surface area contributed by atoms with E-state index < -0.39 is 11.9 Å². The molecule has 1 amide bonds. The minimum Gasteiger partial charge on any atom is -0.459 e. The number of carbonyl (C=O) groups excluding carboxylic acids is 2. The van der Waals surface area contributed by atoms with Crippen molar-refractivity contribution in [3.05, 3.63) is 0 Å². The highest BCUT2D eigenvalue weighted by Gasteiger charge is 2.65. The molecule has 4 unspecified atom stereocenters. The fourth-order valence-electron chi connectivity index (χ4n) is 3.93. The first kappa shape index (κ1) is 10.1. The number of nitrogens with one attached hydrogen (secondary N) is 1. The Morgan fingerprint density at radius 2 is 1.88 bits per heavy atom. The van der Waals surface area contributed by atoms with E-state index >= 15 is 0 Å². The first-order valence-corrected chi connectivity index (χ1v) is 6.20. The number of carbonyl (C=O) groups is 2. The van der Waals surface area contributed by atoms with Crippen LogP contribution in [0, 0.1) is 23.7 Å². The lowest BCUT2D eigenvalue weighted by Gasteiger charge is -2.09. The molecular formula is C12H17NO3. The lowest BCUT2D eigenvalue weighted by atomic mass is 10.0. The van der Waals surface area contributed by atoms with Gasteiger partial charge in [0.25, 0.3) is 0 Å². The molecule has 2 bridgehead atoms. The van der Waals surface area contributed by atoms with Gasteiger partial charge >= 0.3 is 11.9 Å². The second-order valence-corrected chi connectivity index (χ2v) is 5.21. The average molecular weight is 223 g/mol. The van der Waals surface area contributed by atoms with Gasteiger partial charge in [0.2, 0.25) is 0 Å². The molecule has 0 spiro atoms. The summed E-state index contributed by atoms with van der Waals surface area (Å²) in [5.74, 6) is 1.65. The fraction of sp³-hybridized carbons (Fsp3) is 0.833. The molecule has 4 atom stereocenters. The lowest BCUT2D eigenvalue weighted by Crippen LogP contribution is -2.36. The lowest BCUT2D eigenvalue weighted by molar-refractivity contribution is -0.154. The number of fused-ring (bicyclic) bond motifs is 5. The Labute approximate surface area is 94.7 Å². The zero-order chi connectivity index (χ0) is 11.3. The smallest absolute Gasteiger partial charge is 0.396 e. The van der Waals surface area contributed by atoms with E-state index in [9.17, 15) is 9.59 Å². The van der Waals surface area contributed by atoms with Gasteiger partial charge < -0.3 is 10.1 Å². The summed E-state index contributed by atoms with van der Waals surface area (Å²) in [6.45, 7) is 1.96. The summed E-state index contributed by atoms with van der Waals surface area (Å²) >= 11 is 0. The van der Waals surface area contributed by atoms with E-state index in [4.69, 9.17) is 0 Å². The first-order valence-electron chi connectivity index (χ1n) is 6.20. The van der Waals surface area contributed by atoms with Crippen molar-refractivity contribution in [2.75, 3.05) is 6.61 Å². The van der Waals surface area contributed by atoms with Gasteiger partial charge in [-0.25, -0.2) is 4.79 Å². The summed E-state index contributed by atoms with van der Waals surface area (Å²) in [7, 11) is 0. The number of esters is 1. The molecule has 4 heteroatoms. The molecule has 4 nitrogen and oxygen atoms in total.